The van der Waals surface area contributed by atoms with Gasteiger partial charge in [-0.1, -0.05) is 6.07 Å². The zero-order valence-electron chi connectivity index (χ0n) is 8.56. The lowest BCUT2D eigenvalue weighted by Gasteiger charge is -2.10. The smallest absolute Gasteiger partial charge is 0.399 e. The number of benzene rings is 1. The molecule has 0 fully saturated rings. The third-order valence-electron chi connectivity index (χ3n) is 2.06. The topological polar surface area (TPSA) is 55.1 Å². The minimum atomic E-state index is -4.85. The van der Waals surface area contributed by atoms with Crippen LogP contribution >= 0.6 is 0 Å². The van der Waals surface area contributed by atoms with Crippen molar-refractivity contribution in [3.8, 4) is 0 Å². The Bertz CT molecular complexity index is 402. The molecule has 3 N–H and O–H groups in total. The second-order valence-electron chi connectivity index (χ2n) is 3.37. The number of alkyl halides is 3. The summed E-state index contributed by atoms with van der Waals surface area (Å²) in [4.78, 5) is 10.6. The van der Waals surface area contributed by atoms with Crippen molar-refractivity contribution in [2.24, 2.45) is 0 Å². The minimum Gasteiger partial charge on any atom is -0.399 e. The van der Waals surface area contributed by atoms with Crippen molar-refractivity contribution in [2.45, 2.75) is 19.6 Å². The number of halogens is 3. The monoisotopic (exact) mass is 232 g/mol. The predicted molar refractivity (Wildman–Crippen MR) is 53.5 cm³/mol. The Kier molecular flexibility index (Phi) is 3.41. The van der Waals surface area contributed by atoms with Crippen molar-refractivity contribution in [1.29, 1.82) is 0 Å². The summed E-state index contributed by atoms with van der Waals surface area (Å²) in [5.41, 5.74) is 7.36. The Labute approximate surface area is 90.4 Å². The maximum Gasteiger partial charge on any atom is 0.471 e. The normalized spacial score (nSPS) is 11.2. The van der Waals surface area contributed by atoms with Gasteiger partial charge in [-0.15, -0.1) is 0 Å². The summed E-state index contributed by atoms with van der Waals surface area (Å²) in [6.45, 7) is 1.55. The van der Waals surface area contributed by atoms with Gasteiger partial charge in [-0.3, -0.25) is 4.79 Å². The maximum atomic E-state index is 11.9. The standard InChI is InChI=1S/C10H11F3N2O/c1-6-4-8(14)3-2-7(6)5-15-9(16)10(11,12)13/h2-4H,5,14H2,1H3,(H,15,16). The molecule has 0 aliphatic carbocycles. The van der Waals surface area contributed by atoms with E-state index in [9.17, 15) is 18.0 Å². The van der Waals surface area contributed by atoms with E-state index in [4.69, 9.17) is 5.73 Å². The van der Waals surface area contributed by atoms with Crippen LogP contribution in [0.4, 0.5) is 18.9 Å². The Morgan fingerprint density at radius 2 is 2.06 bits per heavy atom. The van der Waals surface area contributed by atoms with Gasteiger partial charge in [0.1, 0.15) is 0 Å². The summed E-state index contributed by atoms with van der Waals surface area (Å²) < 4.78 is 35.7. The highest BCUT2D eigenvalue weighted by molar-refractivity contribution is 5.81. The highest BCUT2D eigenvalue weighted by Gasteiger charge is 2.38. The molecule has 0 heterocycles. The highest BCUT2D eigenvalue weighted by atomic mass is 19.4. The molecule has 16 heavy (non-hydrogen) atoms. The van der Waals surface area contributed by atoms with Gasteiger partial charge in [-0.25, -0.2) is 0 Å². The number of carbonyl (C=O) groups excluding carboxylic acids is 1. The van der Waals surface area contributed by atoms with Crippen LogP contribution in [0.3, 0.4) is 0 Å². The molecule has 88 valence electrons. The quantitative estimate of drug-likeness (QED) is 0.763. The molecule has 0 bridgehead atoms. The molecule has 6 heteroatoms. The van der Waals surface area contributed by atoms with E-state index in [1.807, 2.05) is 0 Å². The Morgan fingerprint density at radius 3 is 2.56 bits per heavy atom. The zero-order chi connectivity index (χ0) is 12.3. The molecule has 3 nitrogen and oxygen atoms in total. The van der Waals surface area contributed by atoms with Gasteiger partial charge in [-0.05, 0) is 30.2 Å². The van der Waals surface area contributed by atoms with Crippen LogP contribution in [0.1, 0.15) is 11.1 Å². The molecule has 0 atom stereocenters. The van der Waals surface area contributed by atoms with Crippen molar-refractivity contribution in [3.63, 3.8) is 0 Å². The van der Waals surface area contributed by atoms with E-state index in [1.54, 1.807) is 30.4 Å². The van der Waals surface area contributed by atoms with Gasteiger partial charge >= 0.3 is 12.1 Å². The van der Waals surface area contributed by atoms with Gasteiger partial charge in [0.2, 0.25) is 0 Å². The maximum absolute atomic E-state index is 11.9. The van der Waals surface area contributed by atoms with Gasteiger partial charge in [0.05, 0.1) is 0 Å². The van der Waals surface area contributed by atoms with E-state index in [0.29, 0.717) is 11.3 Å². The molecule has 1 amide bonds. The number of nitrogens with two attached hydrogens (primary N) is 1. The van der Waals surface area contributed by atoms with Gasteiger partial charge in [0.25, 0.3) is 0 Å². The number of amides is 1. The third-order valence-corrected chi connectivity index (χ3v) is 2.06. The lowest BCUT2D eigenvalue weighted by atomic mass is 10.1. The third kappa shape index (κ3) is 3.15. The fourth-order valence-electron chi connectivity index (χ4n) is 1.19. The first kappa shape index (κ1) is 12.4. The van der Waals surface area contributed by atoms with E-state index in [2.05, 4.69) is 0 Å². The summed E-state index contributed by atoms with van der Waals surface area (Å²) in [5.74, 6) is -1.94. The van der Waals surface area contributed by atoms with E-state index in [-0.39, 0.29) is 6.54 Å². The summed E-state index contributed by atoms with van der Waals surface area (Å²) in [6, 6.07) is 4.79. The van der Waals surface area contributed by atoms with Crippen molar-refractivity contribution in [1.82, 2.24) is 5.32 Å². The van der Waals surface area contributed by atoms with Crippen LogP contribution in [0.15, 0.2) is 18.2 Å². The van der Waals surface area contributed by atoms with Crippen molar-refractivity contribution in [2.75, 3.05) is 5.73 Å². The molecular weight excluding hydrogens is 221 g/mol. The number of anilines is 1. The van der Waals surface area contributed by atoms with Gasteiger partial charge in [0, 0.05) is 12.2 Å². The van der Waals surface area contributed by atoms with Crippen molar-refractivity contribution >= 4 is 11.6 Å². The fourth-order valence-corrected chi connectivity index (χ4v) is 1.19. The second-order valence-corrected chi connectivity index (χ2v) is 3.37. The predicted octanol–water partition coefficient (Wildman–Crippen LogP) is 1.76. The number of nitrogen functional groups attached to an aromatic ring is 1. The zero-order valence-corrected chi connectivity index (χ0v) is 8.56. The van der Waals surface area contributed by atoms with Crippen LogP contribution in [0.25, 0.3) is 0 Å². The number of hydrogen-bond acceptors (Lipinski definition) is 2. The number of hydrogen-bond donors (Lipinski definition) is 2. The molecular formula is C10H11F3N2O. The van der Waals surface area contributed by atoms with Crippen LogP contribution in [-0.2, 0) is 11.3 Å². The molecule has 0 saturated heterocycles. The van der Waals surface area contributed by atoms with Crippen molar-refractivity contribution < 1.29 is 18.0 Å². The van der Waals surface area contributed by atoms with Crippen LogP contribution in [0.2, 0.25) is 0 Å². The van der Waals surface area contributed by atoms with Crippen LogP contribution in [0, 0.1) is 6.92 Å². The SMILES string of the molecule is Cc1cc(N)ccc1CNC(=O)C(F)(F)F. The highest BCUT2D eigenvalue weighted by Crippen LogP contribution is 2.16. The Morgan fingerprint density at radius 1 is 1.44 bits per heavy atom. The Balaban J connectivity index is 2.65. The molecule has 1 aromatic rings. The number of aryl methyl sites for hydroxylation is 1. The number of nitrogens with one attached hydrogen (secondary N) is 1. The van der Waals surface area contributed by atoms with E-state index in [1.165, 1.54) is 0 Å². The van der Waals surface area contributed by atoms with Crippen LogP contribution < -0.4 is 11.1 Å². The largest absolute Gasteiger partial charge is 0.471 e. The number of rotatable bonds is 2. The van der Waals surface area contributed by atoms with E-state index in [0.717, 1.165) is 5.56 Å². The molecule has 1 rings (SSSR count). The first-order valence-corrected chi connectivity index (χ1v) is 4.50. The molecule has 0 aliphatic heterocycles. The van der Waals surface area contributed by atoms with E-state index < -0.39 is 12.1 Å². The summed E-state index contributed by atoms with van der Waals surface area (Å²) >= 11 is 0. The first-order valence-electron chi connectivity index (χ1n) is 4.50. The van der Waals surface area contributed by atoms with Crippen molar-refractivity contribution in [3.05, 3.63) is 29.3 Å². The Hall–Kier alpha value is -1.72. The molecule has 0 unspecified atom stereocenters. The summed E-state index contributed by atoms with van der Waals surface area (Å²) in [7, 11) is 0. The average molecular weight is 232 g/mol. The molecule has 0 radical (unpaired) electrons. The van der Waals surface area contributed by atoms with Gasteiger partial charge in [0.15, 0.2) is 0 Å². The van der Waals surface area contributed by atoms with Crippen LogP contribution in [-0.4, -0.2) is 12.1 Å². The first-order chi connectivity index (χ1) is 7.30. The minimum absolute atomic E-state index is 0.162. The van der Waals surface area contributed by atoms with Gasteiger partial charge < -0.3 is 11.1 Å². The van der Waals surface area contributed by atoms with E-state index >= 15 is 0 Å². The molecule has 0 spiro atoms. The molecule has 0 aliphatic rings. The van der Waals surface area contributed by atoms with Gasteiger partial charge in [-0.2, -0.15) is 13.2 Å². The summed E-state index contributed by atoms with van der Waals surface area (Å²) in [6.07, 6.45) is -4.85. The molecule has 0 aromatic heterocycles. The second kappa shape index (κ2) is 4.42. The fraction of sp³-hybridized carbons (Fsp3) is 0.300. The molecule has 0 saturated carbocycles. The lowest BCUT2D eigenvalue weighted by Crippen LogP contribution is -2.36. The molecule has 1 aromatic carbocycles. The summed E-state index contributed by atoms with van der Waals surface area (Å²) in [5, 5.41) is 1.79. The lowest BCUT2D eigenvalue weighted by molar-refractivity contribution is -0.173. The number of carbonyl (C=O) groups is 1. The average Bonchev–Trinajstić information content (AvgIpc) is 2.14. The van der Waals surface area contributed by atoms with Crippen LogP contribution in [0.5, 0.6) is 0 Å².